The van der Waals surface area contributed by atoms with Crippen molar-refractivity contribution in [2.45, 2.75) is 27.2 Å². The second-order valence-electron chi connectivity index (χ2n) is 5.36. The lowest BCUT2D eigenvalue weighted by atomic mass is 9.88. The zero-order valence-corrected chi connectivity index (χ0v) is 13.7. The lowest BCUT2D eigenvalue weighted by molar-refractivity contribution is -0.153. The van der Waals surface area contributed by atoms with E-state index in [1.165, 1.54) is 13.8 Å². The molecule has 23 heavy (non-hydrogen) atoms. The Morgan fingerprint density at radius 3 is 1.78 bits per heavy atom. The minimum atomic E-state index is -0.762. The highest BCUT2D eigenvalue weighted by atomic mass is 16.6. The van der Waals surface area contributed by atoms with Crippen molar-refractivity contribution in [1.29, 1.82) is 0 Å². The van der Waals surface area contributed by atoms with Crippen molar-refractivity contribution in [3.05, 3.63) is 35.9 Å². The zero-order chi connectivity index (χ0) is 17.3. The first kappa shape index (κ1) is 18.7. The normalized spacial score (nSPS) is 10.7. The van der Waals surface area contributed by atoms with Crippen LogP contribution >= 0.6 is 0 Å². The molecule has 0 aliphatic carbocycles. The van der Waals surface area contributed by atoms with Gasteiger partial charge in [-0.25, -0.2) is 4.79 Å². The third kappa shape index (κ3) is 6.50. The molecule has 0 aliphatic rings. The van der Waals surface area contributed by atoms with Crippen LogP contribution in [-0.2, 0) is 23.8 Å². The first-order valence-electron chi connectivity index (χ1n) is 7.37. The van der Waals surface area contributed by atoms with Crippen LogP contribution < -0.4 is 0 Å². The smallest absolute Gasteiger partial charge is 0.338 e. The fourth-order valence-electron chi connectivity index (χ4n) is 1.82. The van der Waals surface area contributed by atoms with Gasteiger partial charge >= 0.3 is 17.9 Å². The Kier molecular flexibility index (Phi) is 7.25. The van der Waals surface area contributed by atoms with Gasteiger partial charge in [-0.05, 0) is 18.6 Å². The summed E-state index contributed by atoms with van der Waals surface area (Å²) in [5, 5.41) is 0. The van der Waals surface area contributed by atoms with Gasteiger partial charge in [-0.3, -0.25) is 9.59 Å². The Hall–Kier alpha value is -2.37. The number of rotatable bonds is 8. The average Bonchev–Trinajstić information content (AvgIpc) is 2.55. The average molecular weight is 322 g/mol. The Labute approximate surface area is 135 Å². The number of ether oxygens (including phenoxy) is 3. The summed E-state index contributed by atoms with van der Waals surface area (Å²) in [5.74, 6) is -1.37. The van der Waals surface area contributed by atoms with E-state index in [0.717, 1.165) is 0 Å². The number of carbonyl (C=O) groups is 3. The molecule has 0 aliphatic heterocycles. The first-order valence-corrected chi connectivity index (χ1v) is 7.37. The molecule has 126 valence electrons. The van der Waals surface area contributed by atoms with Gasteiger partial charge in [0.05, 0.1) is 11.0 Å². The number of carbonyl (C=O) groups excluding carboxylic acids is 3. The number of esters is 3. The van der Waals surface area contributed by atoms with Crippen molar-refractivity contribution in [1.82, 2.24) is 0 Å². The summed E-state index contributed by atoms with van der Waals surface area (Å²) in [4.78, 5) is 34.2. The fourth-order valence-corrected chi connectivity index (χ4v) is 1.82. The molecule has 6 nitrogen and oxygen atoms in total. The summed E-state index contributed by atoms with van der Waals surface area (Å²) in [6.07, 6.45) is 0.510. The van der Waals surface area contributed by atoms with Gasteiger partial charge < -0.3 is 14.2 Å². The predicted octanol–water partition coefficient (Wildman–Crippen LogP) is 2.37. The minimum Gasteiger partial charge on any atom is -0.465 e. The summed E-state index contributed by atoms with van der Waals surface area (Å²) in [6, 6.07) is 8.57. The van der Waals surface area contributed by atoms with Crippen molar-refractivity contribution in [3.63, 3.8) is 0 Å². The predicted molar refractivity (Wildman–Crippen MR) is 82.7 cm³/mol. The van der Waals surface area contributed by atoms with Crippen LogP contribution in [0.4, 0.5) is 0 Å². The van der Waals surface area contributed by atoms with Gasteiger partial charge in [0.25, 0.3) is 0 Å². The maximum Gasteiger partial charge on any atom is 0.338 e. The van der Waals surface area contributed by atoms with E-state index >= 15 is 0 Å². The molecule has 1 aromatic carbocycles. The van der Waals surface area contributed by atoms with E-state index in [9.17, 15) is 14.4 Å². The largest absolute Gasteiger partial charge is 0.465 e. The molecule has 0 amide bonds. The molecule has 1 rings (SSSR count). The molecule has 6 heteroatoms. The molecule has 0 atom stereocenters. The molecule has 0 radical (unpaired) electrons. The van der Waals surface area contributed by atoms with Crippen molar-refractivity contribution in [2.24, 2.45) is 5.41 Å². The minimum absolute atomic E-state index is 0.00812. The van der Waals surface area contributed by atoms with E-state index in [0.29, 0.717) is 12.0 Å². The van der Waals surface area contributed by atoms with E-state index in [4.69, 9.17) is 14.2 Å². The van der Waals surface area contributed by atoms with Gasteiger partial charge in [-0.15, -0.1) is 0 Å². The summed E-state index contributed by atoms with van der Waals surface area (Å²) >= 11 is 0. The molecule has 0 aromatic heterocycles. The Balaban J connectivity index is 2.75. The topological polar surface area (TPSA) is 78.9 Å². The van der Waals surface area contributed by atoms with Gasteiger partial charge in [0, 0.05) is 13.8 Å². The monoisotopic (exact) mass is 322 g/mol. The molecule has 1 aromatic rings. The molecule has 0 saturated heterocycles. The van der Waals surface area contributed by atoms with Crippen LogP contribution in [0.3, 0.4) is 0 Å². The van der Waals surface area contributed by atoms with Gasteiger partial charge in [-0.2, -0.15) is 0 Å². The zero-order valence-electron chi connectivity index (χ0n) is 13.7. The number of hydrogen-bond donors (Lipinski definition) is 0. The lowest BCUT2D eigenvalue weighted by Gasteiger charge is -2.30. The van der Waals surface area contributed by atoms with Crippen LogP contribution in [0.2, 0.25) is 0 Å². The van der Waals surface area contributed by atoms with Crippen LogP contribution in [0.15, 0.2) is 30.3 Å². The Morgan fingerprint density at radius 2 is 1.35 bits per heavy atom. The van der Waals surface area contributed by atoms with Crippen LogP contribution in [0, 0.1) is 5.41 Å². The molecule has 0 fully saturated rings. The maximum atomic E-state index is 12.0. The van der Waals surface area contributed by atoms with Crippen LogP contribution in [0.25, 0.3) is 0 Å². The standard InChI is InChI=1S/C17H22O6/c1-4-17(10-21-13(2)18,11-22-14(3)19)12-23-16(20)15-8-6-5-7-9-15/h5-9H,4,10-12H2,1-3H3. The van der Waals surface area contributed by atoms with Gasteiger partial charge in [0.15, 0.2) is 0 Å². The molecule has 0 spiro atoms. The lowest BCUT2D eigenvalue weighted by Crippen LogP contribution is -2.38. The Morgan fingerprint density at radius 1 is 0.870 bits per heavy atom. The first-order chi connectivity index (χ1) is 10.9. The highest BCUT2D eigenvalue weighted by Crippen LogP contribution is 2.25. The van der Waals surface area contributed by atoms with Crippen LogP contribution in [-0.4, -0.2) is 37.7 Å². The third-order valence-electron chi connectivity index (χ3n) is 3.43. The van der Waals surface area contributed by atoms with E-state index in [2.05, 4.69) is 0 Å². The Bertz CT molecular complexity index is 519. The van der Waals surface area contributed by atoms with Gasteiger partial charge in [0.1, 0.15) is 19.8 Å². The third-order valence-corrected chi connectivity index (χ3v) is 3.43. The summed E-state index contributed by atoms with van der Waals surface area (Å²) in [6.45, 7) is 4.44. The van der Waals surface area contributed by atoms with Crippen molar-refractivity contribution in [3.8, 4) is 0 Å². The van der Waals surface area contributed by atoms with Crippen LogP contribution in [0.5, 0.6) is 0 Å². The number of benzene rings is 1. The number of hydrogen-bond acceptors (Lipinski definition) is 6. The second-order valence-corrected chi connectivity index (χ2v) is 5.36. The molecule has 0 saturated carbocycles. The molecular formula is C17H22O6. The highest BCUT2D eigenvalue weighted by Gasteiger charge is 2.33. The summed E-state index contributed by atoms with van der Waals surface area (Å²) in [7, 11) is 0. The quantitative estimate of drug-likeness (QED) is 0.540. The van der Waals surface area contributed by atoms with E-state index in [1.807, 2.05) is 6.92 Å². The van der Waals surface area contributed by atoms with Gasteiger partial charge in [-0.1, -0.05) is 25.1 Å². The van der Waals surface area contributed by atoms with Crippen molar-refractivity contribution in [2.75, 3.05) is 19.8 Å². The summed E-state index contributed by atoms with van der Waals surface area (Å²) < 4.78 is 15.4. The molecule has 0 bridgehead atoms. The van der Waals surface area contributed by atoms with Gasteiger partial charge in [0.2, 0.25) is 0 Å². The van der Waals surface area contributed by atoms with E-state index in [1.54, 1.807) is 30.3 Å². The maximum absolute atomic E-state index is 12.0. The molecule has 0 unspecified atom stereocenters. The SMILES string of the molecule is CCC(COC(C)=O)(COC(C)=O)COC(=O)c1ccccc1. The second kappa shape index (κ2) is 8.92. The molecule has 0 heterocycles. The van der Waals surface area contributed by atoms with Crippen LogP contribution in [0.1, 0.15) is 37.6 Å². The van der Waals surface area contributed by atoms with Crippen molar-refractivity contribution < 1.29 is 28.6 Å². The molecule has 0 N–H and O–H groups in total. The fraction of sp³-hybridized carbons (Fsp3) is 0.471. The van der Waals surface area contributed by atoms with E-state index in [-0.39, 0.29) is 19.8 Å². The van der Waals surface area contributed by atoms with E-state index < -0.39 is 23.3 Å². The van der Waals surface area contributed by atoms with Crippen molar-refractivity contribution >= 4 is 17.9 Å². The summed E-state index contributed by atoms with van der Waals surface area (Å²) in [5.41, 5.74) is -0.334. The highest BCUT2D eigenvalue weighted by molar-refractivity contribution is 5.89. The molecular weight excluding hydrogens is 300 g/mol.